The number of hydrogen-bond acceptors (Lipinski definition) is 2. The number of hydrogen-bond donors (Lipinski definition) is 1. The molecule has 0 saturated carbocycles. The van der Waals surface area contributed by atoms with Crippen molar-refractivity contribution in [3.8, 4) is 5.75 Å². The van der Waals surface area contributed by atoms with E-state index in [0.717, 1.165) is 23.3 Å². The molecule has 20 heavy (non-hydrogen) atoms. The SMILES string of the molecule is Br.CCNCc1cc(Br)ccc1OCc1ccccc1. The van der Waals surface area contributed by atoms with Gasteiger partial charge in [-0.05, 0) is 30.3 Å². The highest BCUT2D eigenvalue weighted by molar-refractivity contribution is 9.10. The first-order chi connectivity index (χ1) is 9.29. The number of halogens is 2. The largest absolute Gasteiger partial charge is 0.489 e. The van der Waals surface area contributed by atoms with Crippen LogP contribution in [-0.2, 0) is 13.2 Å². The third-order valence-corrected chi connectivity index (χ3v) is 3.32. The van der Waals surface area contributed by atoms with Crippen molar-refractivity contribution < 1.29 is 4.74 Å². The molecule has 0 bridgehead atoms. The number of nitrogens with one attached hydrogen (secondary N) is 1. The molecule has 0 amide bonds. The van der Waals surface area contributed by atoms with E-state index in [1.807, 2.05) is 30.3 Å². The topological polar surface area (TPSA) is 21.3 Å². The molecule has 0 aromatic heterocycles. The average molecular weight is 401 g/mol. The summed E-state index contributed by atoms with van der Waals surface area (Å²) in [4.78, 5) is 0. The van der Waals surface area contributed by atoms with Crippen LogP contribution in [0.4, 0.5) is 0 Å². The highest BCUT2D eigenvalue weighted by Crippen LogP contribution is 2.24. The van der Waals surface area contributed by atoms with Crippen molar-refractivity contribution in [3.63, 3.8) is 0 Å². The fourth-order valence-corrected chi connectivity index (χ4v) is 2.23. The Morgan fingerprint density at radius 3 is 2.55 bits per heavy atom. The van der Waals surface area contributed by atoms with Crippen LogP contribution in [0.3, 0.4) is 0 Å². The van der Waals surface area contributed by atoms with Gasteiger partial charge in [-0.1, -0.05) is 53.2 Å². The van der Waals surface area contributed by atoms with Crippen molar-refractivity contribution in [1.29, 1.82) is 0 Å². The van der Waals surface area contributed by atoms with Crippen LogP contribution in [0.1, 0.15) is 18.1 Å². The van der Waals surface area contributed by atoms with Gasteiger partial charge in [0.25, 0.3) is 0 Å². The second-order valence-electron chi connectivity index (χ2n) is 4.31. The summed E-state index contributed by atoms with van der Waals surface area (Å²) in [6, 6.07) is 16.3. The Morgan fingerprint density at radius 1 is 1.10 bits per heavy atom. The Hall–Kier alpha value is -0.840. The Labute approximate surface area is 139 Å². The van der Waals surface area contributed by atoms with Crippen LogP contribution in [-0.4, -0.2) is 6.54 Å². The fraction of sp³-hybridized carbons (Fsp3) is 0.250. The van der Waals surface area contributed by atoms with Gasteiger partial charge in [0.1, 0.15) is 12.4 Å². The van der Waals surface area contributed by atoms with E-state index < -0.39 is 0 Å². The quantitative estimate of drug-likeness (QED) is 0.757. The van der Waals surface area contributed by atoms with Crippen molar-refractivity contribution in [2.45, 2.75) is 20.1 Å². The van der Waals surface area contributed by atoms with Crippen LogP contribution in [0.5, 0.6) is 5.75 Å². The zero-order valence-electron chi connectivity index (χ0n) is 11.4. The molecule has 0 aliphatic carbocycles. The molecule has 2 aromatic rings. The van der Waals surface area contributed by atoms with E-state index in [9.17, 15) is 0 Å². The zero-order valence-corrected chi connectivity index (χ0v) is 14.7. The molecule has 0 saturated heterocycles. The molecule has 0 spiro atoms. The normalized spacial score (nSPS) is 9.90. The lowest BCUT2D eigenvalue weighted by Crippen LogP contribution is -2.13. The molecule has 0 heterocycles. The van der Waals surface area contributed by atoms with Crippen molar-refractivity contribution in [3.05, 3.63) is 64.1 Å². The van der Waals surface area contributed by atoms with Gasteiger partial charge in [0, 0.05) is 16.6 Å². The van der Waals surface area contributed by atoms with Gasteiger partial charge in [-0.15, -0.1) is 17.0 Å². The summed E-state index contributed by atoms with van der Waals surface area (Å²) in [5, 5.41) is 3.33. The second kappa shape index (κ2) is 9.16. The van der Waals surface area contributed by atoms with Crippen LogP contribution in [0.15, 0.2) is 53.0 Å². The van der Waals surface area contributed by atoms with Gasteiger partial charge in [0.05, 0.1) is 0 Å². The summed E-state index contributed by atoms with van der Waals surface area (Å²) < 4.78 is 6.99. The highest BCUT2D eigenvalue weighted by Gasteiger charge is 2.04. The molecule has 0 atom stereocenters. The summed E-state index contributed by atoms with van der Waals surface area (Å²) >= 11 is 3.50. The third-order valence-electron chi connectivity index (χ3n) is 2.83. The van der Waals surface area contributed by atoms with E-state index in [1.165, 1.54) is 11.1 Å². The van der Waals surface area contributed by atoms with Gasteiger partial charge < -0.3 is 10.1 Å². The number of ether oxygens (including phenoxy) is 1. The van der Waals surface area contributed by atoms with E-state index in [4.69, 9.17) is 4.74 Å². The Morgan fingerprint density at radius 2 is 1.85 bits per heavy atom. The first kappa shape index (κ1) is 17.2. The lowest BCUT2D eigenvalue weighted by atomic mass is 10.2. The van der Waals surface area contributed by atoms with E-state index in [0.29, 0.717) is 6.61 Å². The molecule has 108 valence electrons. The number of rotatable bonds is 6. The molecule has 0 radical (unpaired) electrons. The Bertz CT molecular complexity index is 517. The molecule has 4 heteroatoms. The fourth-order valence-electron chi connectivity index (χ4n) is 1.82. The van der Waals surface area contributed by atoms with E-state index >= 15 is 0 Å². The minimum Gasteiger partial charge on any atom is -0.489 e. The van der Waals surface area contributed by atoms with E-state index in [2.05, 4.69) is 46.4 Å². The molecule has 2 rings (SSSR count). The highest BCUT2D eigenvalue weighted by atomic mass is 79.9. The van der Waals surface area contributed by atoms with E-state index in [-0.39, 0.29) is 17.0 Å². The first-order valence-electron chi connectivity index (χ1n) is 6.45. The monoisotopic (exact) mass is 399 g/mol. The van der Waals surface area contributed by atoms with E-state index in [1.54, 1.807) is 0 Å². The molecule has 2 aromatic carbocycles. The van der Waals surface area contributed by atoms with Gasteiger partial charge in [0.15, 0.2) is 0 Å². The van der Waals surface area contributed by atoms with Gasteiger partial charge in [-0.2, -0.15) is 0 Å². The van der Waals surface area contributed by atoms with Crippen molar-refractivity contribution >= 4 is 32.9 Å². The molecule has 1 N–H and O–H groups in total. The third kappa shape index (κ3) is 5.27. The second-order valence-corrected chi connectivity index (χ2v) is 5.22. The smallest absolute Gasteiger partial charge is 0.124 e. The minimum atomic E-state index is 0. The van der Waals surface area contributed by atoms with Crippen molar-refractivity contribution in [2.75, 3.05) is 6.54 Å². The van der Waals surface area contributed by atoms with Crippen LogP contribution in [0.2, 0.25) is 0 Å². The maximum atomic E-state index is 5.91. The summed E-state index contributed by atoms with van der Waals surface area (Å²) in [7, 11) is 0. The summed E-state index contributed by atoms with van der Waals surface area (Å²) in [5.74, 6) is 0.938. The standard InChI is InChI=1S/C16H18BrNO.BrH/c1-2-18-11-14-10-15(17)8-9-16(14)19-12-13-6-4-3-5-7-13;/h3-10,18H,2,11-12H2,1H3;1H. The molecule has 0 fully saturated rings. The molecule has 0 unspecified atom stereocenters. The Balaban J connectivity index is 0.00000200. The lowest BCUT2D eigenvalue weighted by molar-refractivity contribution is 0.302. The predicted molar refractivity (Wildman–Crippen MR) is 92.6 cm³/mol. The van der Waals surface area contributed by atoms with Crippen molar-refractivity contribution in [1.82, 2.24) is 5.32 Å². The van der Waals surface area contributed by atoms with Crippen LogP contribution < -0.4 is 10.1 Å². The van der Waals surface area contributed by atoms with Crippen LogP contribution in [0, 0.1) is 0 Å². The predicted octanol–water partition coefficient (Wildman–Crippen LogP) is 4.72. The number of benzene rings is 2. The maximum absolute atomic E-state index is 5.91. The molecule has 0 aliphatic rings. The van der Waals surface area contributed by atoms with Gasteiger partial charge in [-0.3, -0.25) is 0 Å². The lowest BCUT2D eigenvalue weighted by Gasteiger charge is -2.12. The molecular formula is C16H19Br2NO. The Kier molecular flexibility index (Phi) is 7.88. The molecular weight excluding hydrogens is 382 g/mol. The van der Waals surface area contributed by atoms with Crippen LogP contribution >= 0.6 is 32.9 Å². The van der Waals surface area contributed by atoms with Gasteiger partial charge in [-0.25, -0.2) is 0 Å². The summed E-state index contributed by atoms with van der Waals surface area (Å²) in [6.07, 6.45) is 0. The zero-order chi connectivity index (χ0) is 13.5. The summed E-state index contributed by atoms with van der Waals surface area (Å²) in [5.41, 5.74) is 2.35. The first-order valence-corrected chi connectivity index (χ1v) is 7.24. The van der Waals surface area contributed by atoms with Gasteiger partial charge in [0.2, 0.25) is 0 Å². The van der Waals surface area contributed by atoms with Gasteiger partial charge >= 0.3 is 0 Å². The summed E-state index contributed by atoms with van der Waals surface area (Å²) in [6.45, 7) is 4.47. The molecule has 2 nitrogen and oxygen atoms in total. The average Bonchev–Trinajstić information content (AvgIpc) is 2.45. The maximum Gasteiger partial charge on any atom is 0.124 e. The van der Waals surface area contributed by atoms with Crippen molar-refractivity contribution in [2.24, 2.45) is 0 Å². The van der Waals surface area contributed by atoms with Crippen LogP contribution in [0.25, 0.3) is 0 Å². The minimum absolute atomic E-state index is 0. The molecule has 0 aliphatic heterocycles.